The number of hydrogen-bond donors (Lipinski definition) is 3. The highest BCUT2D eigenvalue weighted by Gasteiger charge is 1.97. The van der Waals surface area contributed by atoms with Crippen molar-refractivity contribution in [2.75, 3.05) is 27.4 Å². The SMILES string of the molecule is COCCCNC(=NCc1ccc(OC)cc1)NN. The van der Waals surface area contributed by atoms with Crippen LogP contribution < -0.4 is 21.3 Å². The third kappa shape index (κ3) is 6.08. The molecule has 0 aliphatic carbocycles. The van der Waals surface area contributed by atoms with E-state index in [1.165, 1.54) is 0 Å². The zero-order chi connectivity index (χ0) is 13.9. The molecule has 0 saturated heterocycles. The first-order valence-electron chi connectivity index (χ1n) is 6.17. The second-order valence-corrected chi connectivity index (χ2v) is 3.93. The molecule has 1 aromatic carbocycles. The van der Waals surface area contributed by atoms with Crippen LogP contribution in [0.15, 0.2) is 29.3 Å². The molecule has 0 bridgehead atoms. The predicted octanol–water partition coefficient (Wildman–Crippen LogP) is 0.641. The third-order valence-corrected chi connectivity index (χ3v) is 2.53. The molecule has 19 heavy (non-hydrogen) atoms. The zero-order valence-corrected chi connectivity index (χ0v) is 11.5. The molecular weight excluding hydrogens is 244 g/mol. The van der Waals surface area contributed by atoms with Crippen LogP contribution in [0.25, 0.3) is 0 Å². The van der Waals surface area contributed by atoms with Crippen molar-refractivity contribution >= 4 is 5.96 Å². The lowest BCUT2D eigenvalue weighted by Crippen LogP contribution is -2.42. The van der Waals surface area contributed by atoms with Crippen LogP contribution in [0.5, 0.6) is 5.75 Å². The van der Waals surface area contributed by atoms with Crippen LogP contribution in [0.1, 0.15) is 12.0 Å². The van der Waals surface area contributed by atoms with Gasteiger partial charge in [0.1, 0.15) is 5.75 Å². The van der Waals surface area contributed by atoms with Crippen molar-refractivity contribution < 1.29 is 9.47 Å². The van der Waals surface area contributed by atoms with Crippen LogP contribution in [0.3, 0.4) is 0 Å². The Bertz CT molecular complexity index is 379. The van der Waals surface area contributed by atoms with Gasteiger partial charge in [-0.15, -0.1) is 0 Å². The number of rotatable bonds is 7. The molecule has 4 N–H and O–H groups in total. The molecule has 1 aromatic rings. The number of guanidine groups is 1. The third-order valence-electron chi connectivity index (χ3n) is 2.53. The molecule has 6 nitrogen and oxygen atoms in total. The molecule has 0 spiro atoms. The van der Waals surface area contributed by atoms with E-state index < -0.39 is 0 Å². The Morgan fingerprint density at radius 2 is 2.00 bits per heavy atom. The summed E-state index contributed by atoms with van der Waals surface area (Å²) in [6.45, 7) is 2.03. The zero-order valence-electron chi connectivity index (χ0n) is 11.5. The predicted molar refractivity (Wildman–Crippen MR) is 76.0 cm³/mol. The number of nitrogens with zero attached hydrogens (tertiary/aromatic N) is 1. The van der Waals surface area contributed by atoms with Crippen molar-refractivity contribution in [2.24, 2.45) is 10.8 Å². The average Bonchev–Trinajstić information content (AvgIpc) is 2.47. The van der Waals surface area contributed by atoms with Crippen molar-refractivity contribution in [1.29, 1.82) is 0 Å². The van der Waals surface area contributed by atoms with Gasteiger partial charge in [-0.05, 0) is 24.1 Å². The van der Waals surface area contributed by atoms with E-state index in [0.29, 0.717) is 19.1 Å². The van der Waals surface area contributed by atoms with E-state index >= 15 is 0 Å². The molecule has 0 fully saturated rings. The summed E-state index contributed by atoms with van der Waals surface area (Å²) in [6.07, 6.45) is 0.903. The fraction of sp³-hybridized carbons (Fsp3) is 0.462. The molecule has 0 amide bonds. The van der Waals surface area contributed by atoms with Gasteiger partial charge in [-0.3, -0.25) is 5.43 Å². The fourth-order valence-electron chi connectivity index (χ4n) is 1.48. The Kier molecular flexibility index (Phi) is 7.38. The van der Waals surface area contributed by atoms with Crippen molar-refractivity contribution in [1.82, 2.24) is 10.7 Å². The highest BCUT2D eigenvalue weighted by Crippen LogP contribution is 2.11. The molecule has 0 aromatic heterocycles. The average molecular weight is 266 g/mol. The Morgan fingerprint density at radius 1 is 1.26 bits per heavy atom. The van der Waals surface area contributed by atoms with Gasteiger partial charge >= 0.3 is 0 Å². The number of methoxy groups -OCH3 is 2. The monoisotopic (exact) mass is 266 g/mol. The van der Waals surface area contributed by atoms with Gasteiger partial charge in [0.05, 0.1) is 13.7 Å². The van der Waals surface area contributed by atoms with Gasteiger partial charge in [0, 0.05) is 20.3 Å². The summed E-state index contributed by atoms with van der Waals surface area (Å²) in [4.78, 5) is 4.35. The maximum atomic E-state index is 5.40. The molecular formula is C13H22N4O2. The summed E-state index contributed by atoms with van der Waals surface area (Å²) in [7, 11) is 3.33. The van der Waals surface area contributed by atoms with Gasteiger partial charge in [0.25, 0.3) is 0 Å². The van der Waals surface area contributed by atoms with Gasteiger partial charge in [-0.2, -0.15) is 0 Å². The summed E-state index contributed by atoms with van der Waals surface area (Å²) in [6, 6.07) is 7.77. The van der Waals surface area contributed by atoms with Crippen LogP contribution in [0.2, 0.25) is 0 Å². The topological polar surface area (TPSA) is 80.9 Å². The normalized spacial score (nSPS) is 11.2. The Balaban J connectivity index is 2.42. The standard InChI is InChI=1S/C13H22N4O2/c1-18-9-3-8-15-13(17-14)16-10-11-4-6-12(19-2)7-5-11/h4-7H,3,8-10,14H2,1-2H3,(H2,15,16,17). The number of nitrogens with two attached hydrogens (primary N) is 1. The second-order valence-electron chi connectivity index (χ2n) is 3.93. The Hall–Kier alpha value is -1.79. The molecule has 1 rings (SSSR count). The minimum atomic E-state index is 0.556. The van der Waals surface area contributed by atoms with E-state index in [2.05, 4.69) is 15.7 Å². The lowest BCUT2D eigenvalue weighted by Gasteiger charge is -2.09. The highest BCUT2D eigenvalue weighted by molar-refractivity contribution is 5.79. The summed E-state index contributed by atoms with van der Waals surface area (Å²) in [5, 5.41) is 3.11. The van der Waals surface area contributed by atoms with E-state index in [9.17, 15) is 0 Å². The van der Waals surface area contributed by atoms with Crippen molar-refractivity contribution in [3.05, 3.63) is 29.8 Å². The van der Waals surface area contributed by atoms with Crippen molar-refractivity contribution in [3.63, 3.8) is 0 Å². The smallest absolute Gasteiger partial charge is 0.206 e. The molecule has 0 radical (unpaired) electrons. The summed E-state index contributed by atoms with van der Waals surface area (Å²) >= 11 is 0. The van der Waals surface area contributed by atoms with Crippen LogP contribution in [-0.4, -0.2) is 33.3 Å². The number of benzene rings is 1. The first kappa shape index (κ1) is 15.3. The summed E-state index contributed by atoms with van der Waals surface area (Å²) < 4.78 is 10.1. The van der Waals surface area contributed by atoms with Crippen LogP contribution >= 0.6 is 0 Å². The van der Waals surface area contributed by atoms with Gasteiger partial charge in [0.15, 0.2) is 0 Å². The van der Waals surface area contributed by atoms with Gasteiger partial charge in [-0.25, -0.2) is 10.8 Å². The van der Waals surface area contributed by atoms with Crippen molar-refractivity contribution in [3.8, 4) is 5.75 Å². The van der Waals surface area contributed by atoms with E-state index in [-0.39, 0.29) is 0 Å². The number of nitrogens with one attached hydrogen (secondary N) is 2. The first-order chi connectivity index (χ1) is 9.30. The van der Waals surface area contributed by atoms with Gasteiger partial charge in [-0.1, -0.05) is 12.1 Å². The fourth-order valence-corrected chi connectivity index (χ4v) is 1.48. The second kappa shape index (κ2) is 9.18. The molecule has 0 unspecified atom stereocenters. The highest BCUT2D eigenvalue weighted by atomic mass is 16.5. The van der Waals surface area contributed by atoms with Gasteiger partial charge < -0.3 is 14.8 Å². The van der Waals surface area contributed by atoms with E-state index in [0.717, 1.165) is 24.3 Å². The molecule has 0 heterocycles. The van der Waals surface area contributed by atoms with Crippen LogP contribution in [-0.2, 0) is 11.3 Å². The molecule has 106 valence electrons. The largest absolute Gasteiger partial charge is 0.497 e. The van der Waals surface area contributed by atoms with Crippen LogP contribution in [0.4, 0.5) is 0 Å². The quantitative estimate of drug-likeness (QED) is 0.222. The maximum absolute atomic E-state index is 5.40. The summed E-state index contributed by atoms with van der Waals surface area (Å²) in [5.41, 5.74) is 3.64. The number of hydrogen-bond acceptors (Lipinski definition) is 4. The number of hydrazine groups is 1. The minimum Gasteiger partial charge on any atom is -0.497 e. The lowest BCUT2D eigenvalue weighted by atomic mass is 10.2. The first-order valence-corrected chi connectivity index (χ1v) is 6.17. The van der Waals surface area contributed by atoms with E-state index in [4.69, 9.17) is 15.3 Å². The van der Waals surface area contributed by atoms with E-state index in [1.807, 2.05) is 24.3 Å². The Labute approximate surface area is 114 Å². The van der Waals surface area contributed by atoms with Gasteiger partial charge in [0.2, 0.25) is 5.96 Å². The van der Waals surface area contributed by atoms with Crippen LogP contribution in [0, 0.1) is 0 Å². The molecule has 0 aliphatic rings. The number of ether oxygens (including phenoxy) is 2. The minimum absolute atomic E-state index is 0.556. The lowest BCUT2D eigenvalue weighted by molar-refractivity contribution is 0.195. The molecule has 6 heteroatoms. The summed E-state index contributed by atoms with van der Waals surface area (Å²) in [5.74, 6) is 6.81. The number of aliphatic imine (C=N–C) groups is 1. The van der Waals surface area contributed by atoms with E-state index in [1.54, 1.807) is 14.2 Å². The Morgan fingerprint density at radius 3 is 2.58 bits per heavy atom. The maximum Gasteiger partial charge on any atom is 0.206 e. The molecule has 0 atom stereocenters. The van der Waals surface area contributed by atoms with Crippen molar-refractivity contribution in [2.45, 2.75) is 13.0 Å². The molecule has 0 saturated carbocycles. The molecule has 0 aliphatic heterocycles.